The minimum atomic E-state index is -1.07. The first-order valence-electron chi connectivity index (χ1n) is 11.1. The quantitative estimate of drug-likeness (QED) is 0.366. The molecule has 0 bridgehead atoms. The molecule has 0 spiro atoms. The SMILES string of the molecule is CCOC(=O)C1C(O)=C(/N=N/c2cccc3c2C(=O)N(C(CC)CC)C3=O)C(=O)CC1(C)C. The van der Waals surface area contributed by atoms with E-state index in [4.69, 9.17) is 4.74 Å². The molecule has 9 nitrogen and oxygen atoms in total. The van der Waals surface area contributed by atoms with Gasteiger partial charge in [-0.05, 0) is 37.3 Å². The van der Waals surface area contributed by atoms with E-state index < -0.39 is 34.8 Å². The van der Waals surface area contributed by atoms with E-state index in [-0.39, 0.29) is 47.5 Å². The van der Waals surface area contributed by atoms with E-state index in [1.807, 2.05) is 13.8 Å². The van der Waals surface area contributed by atoms with Crippen LogP contribution in [0.4, 0.5) is 5.69 Å². The van der Waals surface area contributed by atoms with Crippen LogP contribution < -0.4 is 0 Å². The average molecular weight is 456 g/mol. The van der Waals surface area contributed by atoms with Crippen molar-refractivity contribution in [2.24, 2.45) is 21.6 Å². The van der Waals surface area contributed by atoms with Crippen LogP contribution in [-0.4, -0.2) is 46.2 Å². The Hall–Kier alpha value is -3.36. The standard InChI is InChI=1S/C24H29N3O6/c1-6-13(7-2)27-21(30)14-10-9-11-15(17(14)22(27)31)25-26-19-16(28)12-24(4,5)18(20(19)29)23(32)33-8-3/h9-11,13,18,29H,6-8,12H2,1-5H3/b26-25+. The third-order valence-electron chi connectivity index (χ3n) is 6.19. The maximum Gasteiger partial charge on any atom is 0.317 e. The highest BCUT2D eigenvalue weighted by atomic mass is 16.5. The van der Waals surface area contributed by atoms with Crippen LogP contribution in [0.1, 0.15) is 74.6 Å². The molecule has 1 aliphatic carbocycles. The van der Waals surface area contributed by atoms with Gasteiger partial charge < -0.3 is 9.84 Å². The number of fused-ring (bicyclic) bond motifs is 1. The summed E-state index contributed by atoms with van der Waals surface area (Å²) >= 11 is 0. The van der Waals surface area contributed by atoms with E-state index in [1.165, 1.54) is 11.0 Å². The molecule has 9 heteroatoms. The van der Waals surface area contributed by atoms with E-state index >= 15 is 0 Å². The lowest BCUT2D eigenvalue weighted by Crippen LogP contribution is -2.40. The van der Waals surface area contributed by atoms with Crippen molar-refractivity contribution in [3.8, 4) is 0 Å². The molecule has 3 rings (SSSR count). The van der Waals surface area contributed by atoms with Gasteiger partial charge in [-0.25, -0.2) is 0 Å². The van der Waals surface area contributed by atoms with Crippen LogP contribution in [0.25, 0.3) is 0 Å². The lowest BCUT2D eigenvalue weighted by molar-refractivity contribution is -0.152. The number of azo groups is 1. The number of carbonyl (C=O) groups is 4. The fourth-order valence-corrected chi connectivity index (χ4v) is 4.47. The minimum Gasteiger partial charge on any atom is -0.509 e. The number of aliphatic hydroxyl groups excluding tert-OH is 1. The van der Waals surface area contributed by atoms with Gasteiger partial charge in [-0.2, -0.15) is 0 Å². The predicted octanol–water partition coefficient (Wildman–Crippen LogP) is 4.50. The Morgan fingerprint density at radius 3 is 2.42 bits per heavy atom. The molecule has 2 amide bonds. The molecule has 2 aliphatic rings. The summed E-state index contributed by atoms with van der Waals surface area (Å²) in [5, 5.41) is 18.7. The van der Waals surface area contributed by atoms with Gasteiger partial charge in [-0.3, -0.25) is 24.1 Å². The summed E-state index contributed by atoms with van der Waals surface area (Å²) in [6.07, 6.45) is 1.21. The van der Waals surface area contributed by atoms with Gasteiger partial charge in [0.25, 0.3) is 11.8 Å². The average Bonchev–Trinajstić information content (AvgIpc) is 3.00. The Kier molecular flexibility index (Phi) is 6.81. The molecule has 0 fully saturated rings. The summed E-state index contributed by atoms with van der Waals surface area (Å²) in [5.41, 5.74) is -0.757. The molecule has 1 heterocycles. The van der Waals surface area contributed by atoms with Gasteiger partial charge in [0.2, 0.25) is 0 Å². The lowest BCUT2D eigenvalue weighted by atomic mass is 9.70. The number of benzene rings is 1. The highest BCUT2D eigenvalue weighted by Gasteiger charge is 2.47. The van der Waals surface area contributed by atoms with Crippen LogP contribution in [0, 0.1) is 11.3 Å². The number of imide groups is 1. The van der Waals surface area contributed by atoms with E-state index in [0.29, 0.717) is 12.8 Å². The largest absolute Gasteiger partial charge is 0.509 e. The Labute approximate surface area is 192 Å². The predicted molar refractivity (Wildman–Crippen MR) is 119 cm³/mol. The molecular formula is C24H29N3O6. The molecule has 1 N–H and O–H groups in total. The van der Waals surface area contributed by atoms with Gasteiger partial charge in [0.1, 0.15) is 11.7 Å². The van der Waals surface area contributed by atoms with E-state index in [2.05, 4.69) is 10.2 Å². The number of amides is 2. The molecule has 0 aromatic heterocycles. The minimum absolute atomic E-state index is 0.0400. The van der Waals surface area contributed by atoms with Crippen LogP contribution in [-0.2, 0) is 14.3 Å². The van der Waals surface area contributed by atoms with Crippen LogP contribution in [0.3, 0.4) is 0 Å². The number of Topliss-reactive ketones (excluding diaryl/α,β-unsaturated/α-hetero) is 1. The van der Waals surface area contributed by atoms with Gasteiger partial charge in [0, 0.05) is 12.5 Å². The molecule has 1 aromatic carbocycles. The third-order valence-corrected chi connectivity index (χ3v) is 6.19. The molecule has 33 heavy (non-hydrogen) atoms. The summed E-state index contributed by atoms with van der Waals surface area (Å²) in [6, 6.07) is 4.41. The summed E-state index contributed by atoms with van der Waals surface area (Å²) in [6.45, 7) is 8.98. The van der Waals surface area contributed by atoms with Crippen molar-refractivity contribution in [2.75, 3.05) is 6.61 Å². The third kappa shape index (κ3) is 4.19. The van der Waals surface area contributed by atoms with Crippen molar-refractivity contribution in [1.82, 2.24) is 4.90 Å². The van der Waals surface area contributed by atoms with Gasteiger partial charge in [-0.1, -0.05) is 33.8 Å². The first-order chi connectivity index (χ1) is 15.6. The highest BCUT2D eigenvalue weighted by molar-refractivity contribution is 6.23. The second kappa shape index (κ2) is 9.25. The van der Waals surface area contributed by atoms with Crippen LogP contribution in [0.5, 0.6) is 0 Å². The molecule has 1 unspecified atom stereocenters. The van der Waals surface area contributed by atoms with Crippen molar-refractivity contribution >= 4 is 29.3 Å². The summed E-state index contributed by atoms with van der Waals surface area (Å²) in [5.74, 6) is -3.55. The summed E-state index contributed by atoms with van der Waals surface area (Å²) in [7, 11) is 0. The fourth-order valence-electron chi connectivity index (χ4n) is 4.47. The molecule has 0 saturated heterocycles. The summed E-state index contributed by atoms with van der Waals surface area (Å²) in [4.78, 5) is 52.3. The molecule has 0 saturated carbocycles. The van der Waals surface area contributed by atoms with Crippen LogP contribution in [0.2, 0.25) is 0 Å². The zero-order valence-corrected chi connectivity index (χ0v) is 19.5. The van der Waals surface area contributed by atoms with E-state index in [0.717, 1.165) is 0 Å². The van der Waals surface area contributed by atoms with Crippen LogP contribution >= 0.6 is 0 Å². The topological polar surface area (TPSA) is 126 Å². The number of hydrogen-bond donors (Lipinski definition) is 1. The van der Waals surface area contributed by atoms with E-state index in [9.17, 15) is 24.3 Å². The van der Waals surface area contributed by atoms with Crippen molar-refractivity contribution in [1.29, 1.82) is 0 Å². The van der Waals surface area contributed by atoms with Crippen LogP contribution in [0.15, 0.2) is 39.9 Å². The number of ether oxygens (including phenoxy) is 1. The lowest BCUT2D eigenvalue weighted by Gasteiger charge is -2.35. The molecule has 176 valence electrons. The summed E-state index contributed by atoms with van der Waals surface area (Å²) < 4.78 is 5.07. The second-order valence-corrected chi connectivity index (χ2v) is 8.86. The highest BCUT2D eigenvalue weighted by Crippen LogP contribution is 2.43. The van der Waals surface area contributed by atoms with Crippen molar-refractivity contribution in [2.45, 2.75) is 59.9 Å². The number of nitrogens with zero attached hydrogens (tertiary/aromatic N) is 3. The number of hydrogen-bond acceptors (Lipinski definition) is 8. The maximum atomic E-state index is 13.1. The number of allylic oxidation sites excluding steroid dienone is 1. The van der Waals surface area contributed by atoms with E-state index in [1.54, 1.807) is 32.9 Å². The van der Waals surface area contributed by atoms with Gasteiger partial charge >= 0.3 is 5.97 Å². The number of rotatable bonds is 7. The zero-order chi connectivity index (χ0) is 24.5. The smallest absolute Gasteiger partial charge is 0.317 e. The first kappa shape index (κ1) is 24.3. The Morgan fingerprint density at radius 2 is 1.82 bits per heavy atom. The van der Waals surface area contributed by atoms with Gasteiger partial charge in [0.15, 0.2) is 11.5 Å². The number of carbonyl (C=O) groups excluding carboxylic acids is 4. The van der Waals surface area contributed by atoms with Gasteiger partial charge in [0.05, 0.1) is 23.4 Å². The Morgan fingerprint density at radius 1 is 1.15 bits per heavy atom. The monoisotopic (exact) mass is 455 g/mol. The van der Waals surface area contributed by atoms with Crippen molar-refractivity contribution < 1.29 is 29.0 Å². The zero-order valence-electron chi connectivity index (χ0n) is 19.5. The number of esters is 1. The Bertz CT molecular complexity index is 1070. The molecule has 1 atom stereocenters. The first-order valence-corrected chi connectivity index (χ1v) is 11.1. The molecule has 1 aliphatic heterocycles. The fraction of sp³-hybridized carbons (Fsp3) is 0.500. The Balaban J connectivity index is 2.03. The second-order valence-electron chi connectivity index (χ2n) is 8.86. The maximum absolute atomic E-state index is 13.1. The number of ketones is 1. The van der Waals surface area contributed by atoms with Gasteiger partial charge in [-0.15, -0.1) is 10.2 Å². The van der Waals surface area contributed by atoms with Crippen molar-refractivity contribution in [3.05, 3.63) is 40.8 Å². The normalized spacial score (nSPS) is 20.2. The molecular weight excluding hydrogens is 426 g/mol. The molecule has 0 radical (unpaired) electrons. The molecule has 1 aromatic rings. The number of aliphatic hydroxyl groups is 1. The van der Waals surface area contributed by atoms with Crippen molar-refractivity contribution in [3.63, 3.8) is 0 Å².